The Kier molecular flexibility index (Phi) is 6.50. The number of carbonyl (C=O) groups is 1. The topological polar surface area (TPSA) is 52.9 Å². The van der Waals surface area contributed by atoms with E-state index in [2.05, 4.69) is 36.9 Å². The van der Waals surface area contributed by atoms with Crippen molar-refractivity contribution in [3.8, 4) is 0 Å². The van der Waals surface area contributed by atoms with Gasteiger partial charge in [-0.05, 0) is 41.3 Å². The third kappa shape index (κ3) is 4.99. The van der Waals surface area contributed by atoms with Crippen molar-refractivity contribution < 1.29 is 4.79 Å². The van der Waals surface area contributed by atoms with Gasteiger partial charge in [-0.15, -0.1) is 0 Å². The van der Waals surface area contributed by atoms with Crippen LogP contribution in [0.5, 0.6) is 0 Å². The standard InChI is InChI=1S/C16H26BrN5O/c1-18-16(19-10-15(23)22-7-5-4-6-8-22)21(3)12-14-9-13(17)11-20(14)2/h9,11H,4-8,10,12H2,1-3H3,(H,18,19). The molecule has 128 valence electrons. The fourth-order valence-electron chi connectivity index (χ4n) is 2.84. The van der Waals surface area contributed by atoms with Gasteiger partial charge in [0.2, 0.25) is 5.91 Å². The number of aryl methyl sites for hydroxylation is 1. The van der Waals surface area contributed by atoms with Gasteiger partial charge in [-0.1, -0.05) is 0 Å². The number of aromatic nitrogens is 1. The summed E-state index contributed by atoms with van der Waals surface area (Å²) in [6.07, 6.45) is 5.48. The van der Waals surface area contributed by atoms with Crippen LogP contribution in [0.2, 0.25) is 0 Å². The summed E-state index contributed by atoms with van der Waals surface area (Å²) < 4.78 is 3.14. The molecule has 1 aliphatic rings. The minimum atomic E-state index is 0.154. The Morgan fingerprint density at radius 3 is 2.65 bits per heavy atom. The van der Waals surface area contributed by atoms with E-state index in [9.17, 15) is 4.79 Å². The fourth-order valence-corrected chi connectivity index (χ4v) is 3.41. The van der Waals surface area contributed by atoms with Crippen molar-refractivity contribution in [1.82, 2.24) is 19.7 Å². The molecule has 7 heteroatoms. The lowest BCUT2D eigenvalue weighted by atomic mass is 10.1. The van der Waals surface area contributed by atoms with E-state index in [-0.39, 0.29) is 5.91 Å². The van der Waals surface area contributed by atoms with Crippen molar-refractivity contribution in [3.63, 3.8) is 0 Å². The van der Waals surface area contributed by atoms with E-state index in [1.165, 1.54) is 12.1 Å². The summed E-state index contributed by atoms with van der Waals surface area (Å²) in [5.74, 6) is 0.883. The first kappa shape index (κ1) is 17.8. The molecule has 1 saturated heterocycles. The molecule has 1 amide bonds. The lowest BCUT2D eigenvalue weighted by Crippen LogP contribution is -2.46. The Morgan fingerprint density at radius 2 is 2.09 bits per heavy atom. The summed E-state index contributed by atoms with van der Waals surface area (Å²) in [5.41, 5.74) is 1.17. The highest BCUT2D eigenvalue weighted by Gasteiger charge is 2.17. The van der Waals surface area contributed by atoms with Crippen LogP contribution in [0.1, 0.15) is 25.0 Å². The maximum atomic E-state index is 12.2. The van der Waals surface area contributed by atoms with Crippen molar-refractivity contribution >= 4 is 27.8 Å². The van der Waals surface area contributed by atoms with Crippen molar-refractivity contribution in [2.24, 2.45) is 12.0 Å². The van der Waals surface area contributed by atoms with E-state index >= 15 is 0 Å². The average molecular weight is 384 g/mol. The first-order valence-electron chi connectivity index (χ1n) is 8.01. The van der Waals surface area contributed by atoms with E-state index in [1.54, 1.807) is 7.05 Å². The molecule has 23 heavy (non-hydrogen) atoms. The van der Waals surface area contributed by atoms with Crippen LogP contribution in [0.15, 0.2) is 21.7 Å². The largest absolute Gasteiger partial charge is 0.352 e. The Labute approximate surface area is 146 Å². The minimum absolute atomic E-state index is 0.154. The third-order valence-corrected chi connectivity index (χ3v) is 4.59. The molecular formula is C16H26BrN5O. The van der Waals surface area contributed by atoms with Gasteiger partial charge in [-0.3, -0.25) is 9.79 Å². The number of hydrogen-bond acceptors (Lipinski definition) is 2. The number of piperidine rings is 1. The van der Waals surface area contributed by atoms with Gasteiger partial charge >= 0.3 is 0 Å². The van der Waals surface area contributed by atoms with Crippen LogP contribution < -0.4 is 5.32 Å². The van der Waals surface area contributed by atoms with Crippen LogP contribution in [0.3, 0.4) is 0 Å². The number of hydrogen-bond donors (Lipinski definition) is 1. The zero-order valence-electron chi connectivity index (χ0n) is 14.2. The van der Waals surface area contributed by atoms with E-state index in [0.29, 0.717) is 6.54 Å². The zero-order chi connectivity index (χ0) is 16.8. The van der Waals surface area contributed by atoms with Gasteiger partial charge in [0.1, 0.15) is 0 Å². The highest BCUT2D eigenvalue weighted by atomic mass is 79.9. The molecule has 0 radical (unpaired) electrons. The molecule has 0 aliphatic carbocycles. The Morgan fingerprint density at radius 1 is 1.39 bits per heavy atom. The lowest BCUT2D eigenvalue weighted by molar-refractivity contribution is -0.130. The first-order valence-corrected chi connectivity index (χ1v) is 8.81. The number of aliphatic imine (C=N–C) groups is 1. The number of amides is 1. The molecule has 0 spiro atoms. The van der Waals surface area contributed by atoms with Crippen molar-refractivity contribution in [3.05, 3.63) is 22.4 Å². The number of nitrogens with zero attached hydrogens (tertiary/aromatic N) is 4. The molecule has 0 unspecified atom stereocenters. The molecular weight excluding hydrogens is 358 g/mol. The van der Waals surface area contributed by atoms with Gasteiger partial charge in [0.15, 0.2) is 5.96 Å². The number of halogens is 1. The third-order valence-electron chi connectivity index (χ3n) is 4.15. The minimum Gasteiger partial charge on any atom is -0.352 e. The maximum Gasteiger partial charge on any atom is 0.241 e. The molecule has 6 nitrogen and oxygen atoms in total. The molecule has 1 aromatic rings. The fraction of sp³-hybridized carbons (Fsp3) is 0.625. The quantitative estimate of drug-likeness (QED) is 0.637. The van der Waals surface area contributed by atoms with E-state index < -0.39 is 0 Å². The zero-order valence-corrected chi connectivity index (χ0v) is 15.8. The highest BCUT2D eigenvalue weighted by Crippen LogP contribution is 2.15. The Bertz CT molecular complexity index is 563. The van der Waals surface area contributed by atoms with Crippen molar-refractivity contribution in [1.29, 1.82) is 0 Å². The van der Waals surface area contributed by atoms with E-state index in [4.69, 9.17) is 0 Å². The predicted molar refractivity (Wildman–Crippen MR) is 96.4 cm³/mol. The second-order valence-electron chi connectivity index (χ2n) is 5.96. The normalized spacial score (nSPS) is 15.7. The number of rotatable bonds is 4. The van der Waals surface area contributed by atoms with Crippen LogP contribution in [0, 0.1) is 0 Å². The number of guanidine groups is 1. The number of likely N-dealkylation sites (tertiary alicyclic amines) is 1. The van der Waals surface area contributed by atoms with Crippen molar-refractivity contribution in [2.45, 2.75) is 25.8 Å². The van der Waals surface area contributed by atoms with Gasteiger partial charge in [-0.25, -0.2) is 0 Å². The molecule has 1 fully saturated rings. The van der Waals surface area contributed by atoms with Gasteiger partial charge in [0.25, 0.3) is 0 Å². The number of carbonyl (C=O) groups excluding carboxylic acids is 1. The van der Waals surface area contributed by atoms with Crippen LogP contribution in [-0.2, 0) is 18.4 Å². The molecule has 0 bridgehead atoms. The summed E-state index contributed by atoms with van der Waals surface area (Å²) in [5, 5.41) is 3.18. The lowest BCUT2D eigenvalue weighted by Gasteiger charge is -2.28. The maximum absolute atomic E-state index is 12.2. The molecule has 1 aliphatic heterocycles. The average Bonchev–Trinajstić information content (AvgIpc) is 2.86. The van der Waals surface area contributed by atoms with Crippen LogP contribution in [0.25, 0.3) is 0 Å². The molecule has 1 N–H and O–H groups in total. The summed E-state index contributed by atoms with van der Waals surface area (Å²) in [6.45, 7) is 2.78. The van der Waals surface area contributed by atoms with Gasteiger partial charge in [-0.2, -0.15) is 0 Å². The summed E-state index contributed by atoms with van der Waals surface area (Å²) in [6, 6.07) is 2.09. The summed E-state index contributed by atoms with van der Waals surface area (Å²) in [7, 11) is 5.73. The SMILES string of the molecule is CN=C(NCC(=O)N1CCCCC1)N(C)Cc1cc(Br)cn1C. The molecule has 0 aromatic carbocycles. The molecule has 1 aromatic heterocycles. The summed E-state index contributed by atoms with van der Waals surface area (Å²) >= 11 is 3.49. The van der Waals surface area contributed by atoms with Gasteiger partial charge in [0.05, 0.1) is 13.1 Å². The molecule has 0 saturated carbocycles. The molecule has 2 rings (SSSR count). The van der Waals surface area contributed by atoms with Crippen LogP contribution >= 0.6 is 15.9 Å². The predicted octanol–water partition coefficient (Wildman–Crippen LogP) is 1.81. The second kappa shape index (κ2) is 8.38. The highest BCUT2D eigenvalue weighted by molar-refractivity contribution is 9.10. The van der Waals surface area contributed by atoms with E-state index in [0.717, 1.165) is 42.9 Å². The van der Waals surface area contributed by atoms with Gasteiger partial charge in [0, 0.05) is 50.6 Å². The second-order valence-corrected chi connectivity index (χ2v) is 6.87. The van der Waals surface area contributed by atoms with Crippen LogP contribution in [0.4, 0.5) is 0 Å². The van der Waals surface area contributed by atoms with Gasteiger partial charge < -0.3 is 19.7 Å². The smallest absolute Gasteiger partial charge is 0.241 e. The van der Waals surface area contributed by atoms with Crippen LogP contribution in [-0.4, -0.2) is 60.0 Å². The Balaban J connectivity index is 1.86. The Hall–Kier alpha value is -1.50. The summed E-state index contributed by atoms with van der Waals surface area (Å²) in [4.78, 5) is 20.5. The molecule has 0 atom stereocenters. The van der Waals surface area contributed by atoms with E-state index in [1.807, 2.05) is 30.1 Å². The monoisotopic (exact) mass is 383 g/mol. The molecule has 2 heterocycles. The number of nitrogens with one attached hydrogen (secondary N) is 1. The van der Waals surface area contributed by atoms with Crippen molar-refractivity contribution in [2.75, 3.05) is 33.7 Å². The first-order chi connectivity index (χ1) is 11.0.